The van der Waals surface area contributed by atoms with Crippen LogP contribution in [-0.4, -0.2) is 49.3 Å². The Kier molecular flexibility index (Phi) is 4.80. The third kappa shape index (κ3) is 3.83. The van der Waals surface area contributed by atoms with Crippen LogP contribution in [0.3, 0.4) is 0 Å². The van der Waals surface area contributed by atoms with Crippen LogP contribution in [0.15, 0.2) is 12.1 Å². The molecule has 6 heteroatoms. The molecule has 3 rings (SSSR count). The Balaban J connectivity index is 1.65. The minimum atomic E-state index is -0.493. The van der Waals surface area contributed by atoms with Crippen LogP contribution in [-0.2, 0) is 11.2 Å². The molecule has 1 amide bonds. The molecule has 0 bridgehead atoms. The van der Waals surface area contributed by atoms with E-state index in [-0.39, 0.29) is 18.0 Å². The zero-order chi connectivity index (χ0) is 18.2. The number of amides is 1. The number of anilines is 2. The molecule has 0 radical (unpaired) electrons. The highest BCUT2D eigenvalue weighted by atomic mass is 19.1. The number of hydrogen-bond donors (Lipinski definition) is 1. The lowest BCUT2D eigenvalue weighted by Gasteiger charge is -2.38. The number of fused-ring (bicyclic) bond motifs is 1. The zero-order valence-corrected chi connectivity index (χ0v) is 15.6. The lowest BCUT2D eigenvalue weighted by molar-refractivity contribution is 0.0200. The number of benzene rings is 1. The first-order valence-electron chi connectivity index (χ1n) is 9.02. The lowest BCUT2D eigenvalue weighted by Crippen LogP contribution is -2.47. The van der Waals surface area contributed by atoms with Gasteiger partial charge in [0, 0.05) is 44.0 Å². The summed E-state index contributed by atoms with van der Waals surface area (Å²) in [6.45, 7) is 7.95. The number of nitrogens with one attached hydrogen (secondary N) is 1. The van der Waals surface area contributed by atoms with Crippen molar-refractivity contribution in [3.63, 3.8) is 0 Å². The fourth-order valence-electron chi connectivity index (χ4n) is 3.65. The van der Waals surface area contributed by atoms with E-state index in [9.17, 15) is 9.18 Å². The molecule has 5 nitrogen and oxygen atoms in total. The van der Waals surface area contributed by atoms with Crippen LogP contribution in [0.25, 0.3) is 0 Å². The Labute approximate surface area is 149 Å². The molecule has 0 unspecified atom stereocenters. The topological polar surface area (TPSA) is 44.8 Å². The van der Waals surface area contributed by atoms with Gasteiger partial charge in [-0.1, -0.05) is 0 Å². The minimum Gasteiger partial charge on any atom is -0.444 e. The molecule has 138 valence electrons. The van der Waals surface area contributed by atoms with E-state index in [1.165, 1.54) is 0 Å². The van der Waals surface area contributed by atoms with Crippen molar-refractivity contribution in [3.05, 3.63) is 23.5 Å². The predicted molar refractivity (Wildman–Crippen MR) is 97.8 cm³/mol. The van der Waals surface area contributed by atoms with Gasteiger partial charge in [-0.05, 0) is 52.2 Å². The summed E-state index contributed by atoms with van der Waals surface area (Å²) in [7, 11) is 1.79. The molecule has 1 fully saturated rings. The standard InChI is InChI=1S/C19H28FN3O2/c1-19(2,3)25-18(24)22(4)13-8-11-23(12-9-13)17-14-7-10-21-16(14)6-5-15(17)20/h5-6,13,21H,7-12H2,1-4H3. The highest BCUT2D eigenvalue weighted by Crippen LogP contribution is 2.36. The van der Waals surface area contributed by atoms with Gasteiger partial charge in [0.05, 0.1) is 5.69 Å². The van der Waals surface area contributed by atoms with Crippen LogP contribution in [0.4, 0.5) is 20.6 Å². The molecule has 0 atom stereocenters. The number of nitrogens with zero attached hydrogens (tertiary/aromatic N) is 2. The molecule has 1 aromatic carbocycles. The first-order chi connectivity index (χ1) is 11.8. The van der Waals surface area contributed by atoms with Gasteiger partial charge in [-0.2, -0.15) is 0 Å². The second kappa shape index (κ2) is 6.73. The van der Waals surface area contributed by atoms with Crippen molar-refractivity contribution in [1.29, 1.82) is 0 Å². The Bertz CT molecular complexity index is 649. The molecule has 2 heterocycles. The highest BCUT2D eigenvalue weighted by Gasteiger charge is 2.31. The number of hydrogen-bond acceptors (Lipinski definition) is 4. The fraction of sp³-hybridized carbons (Fsp3) is 0.632. The predicted octanol–water partition coefficient (Wildman–Crippen LogP) is 3.63. The average molecular weight is 349 g/mol. The van der Waals surface area contributed by atoms with Gasteiger partial charge in [0.2, 0.25) is 0 Å². The smallest absolute Gasteiger partial charge is 0.410 e. The molecule has 1 N–H and O–H groups in total. The number of rotatable bonds is 2. The van der Waals surface area contributed by atoms with Gasteiger partial charge in [-0.25, -0.2) is 9.18 Å². The highest BCUT2D eigenvalue weighted by molar-refractivity contribution is 5.70. The van der Waals surface area contributed by atoms with Crippen molar-refractivity contribution in [2.75, 3.05) is 36.9 Å². The summed E-state index contributed by atoms with van der Waals surface area (Å²) in [5, 5.41) is 3.31. The SMILES string of the molecule is CN(C(=O)OC(C)(C)C)C1CCN(c2c(F)ccc3c2CCN3)CC1. The Morgan fingerprint density at radius 1 is 1.32 bits per heavy atom. The summed E-state index contributed by atoms with van der Waals surface area (Å²) in [4.78, 5) is 16.1. The van der Waals surface area contributed by atoms with Gasteiger partial charge in [0.25, 0.3) is 0 Å². The van der Waals surface area contributed by atoms with E-state index in [4.69, 9.17) is 4.74 Å². The molecular formula is C19H28FN3O2. The van der Waals surface area contributed by atoms with Crippen LogP contribution in [0.1, 0.15) is 39.2 Å². The molecule has 2 aliphatic heterocycles. The van der Waals surface area contributed by atoms with Gasteiger partial charge in [-0.3, -0.25) is 0 Å². The quantitative estimate of drug-likeness (QED) is 0.886. The van der Waals surface area contributed by atoms with Crippen molar-refractivity contribution in [3.8, 4) is 0 Å². The Hall–Kier alpha value is -1.98. The summed E-state index contributed by atoms with van der Waals surface area (Å²) in [6.07, 6.45) is 2.19. The Morgan fingerprint density at radius 2 is 2.00 bits per heavy atom. The maximum atomic E-state index is 14.4. The molecule has 25 heavy (non-hydrogen) atoms. The van der Waals surface area contributed by atoms with Crippen molar-refractivity contribution < 1.29 is 13.9 Å². The summed E-state index contributed by atoms with van der Waals surface area (Å²) in [5.74, 6) is -0.151. The fourth-order valence-corrected chi connectivity index (χ4v) is 3.65. The van der Waals surface area contributed by atoms with E-state index < -0.39 is 5.60 Å². The van der Waals surface area contributed by atoms with E-state index >= 15 is 0 Å². The number of piperidine rings is 1. The summed E-state index contributed by atoms with van der Waals surface area (Å²) >= 11 is 0. The number of halogens is 1. The van der Waals surface area contributed by atoms with Crippen molar-refractivity contribution in [1.82, 2.24) is 4.90 Å². The first kappa shape index (κ1) is 17.8. The second-order valence-corrected chi connectivity index (χ2v) is 7.91. The van der Waals surface area contributed by atoms with Crippen LogP contribution < -0.4 is 10.2 Å². The first-order valence-corrected chi connectivity index (χ1v) is 9.02. The van der Waals surface area contributed by atoms with E-state index in [0.29, 0.717) is 0 Å². The van der Waals surface area contributed by atoms with Crippen LogP contribution >= 0.6 is 0 Å². The van der Waals surface area contributed by atoms with Crippen LogP contribution in [0.5, 0.6) is 0 Å². The van der Waals surface area contributed by atoms with Gasteiger partial charge < -0.3 is 19.9 Å². The van der Waals surface area contributed by atoms with Gasteiger partial charge in [-0.15, -0.1) is 0 Å². The maximum Gasteiger partial charge on any atom is 0.410 e. The van der Waals surface area contributed by atoms with Gasteiger partial charge in [0.15, 0.2) is 0 Å². The molecule has 0 saturated carbocycles. The van der Waals surface area contributed by atoms with Crippen LogP contribution in [0, 0.1) is 5.82 Å². The normalized spacial score (nSPS) is 17.9. The second-order valence-electron chi connectivity index (χ2n) is 7.91. The molecule has 2 aliphatic rings. The third-order valence-corrected chi connectivity index (χ3v) is 4.93. The third-order valence-electron chi connectivity index (χ3n) is 4.93. The largest absolute Gasteiger partial charge is 0.444 e. The monoisotopic (exact) mass is 349 g/mol. The zero-order valence-electron chi connectivity index (χ0n) is 15.6. The summed E-state index contributed by atoms with van der Waals surface area (Å²) in [5.41, 5.74) is 2.37. The molecule has 1 saturated heterocycles. The molecular weight excluding hydrogens is 321 g/mol. The number of carbonyl (C=O) groups excluding carboxylic acids is 1. The Morgan fingerprint density at radius 3 is 2.64 bits per heavy atom. The van der Waals surface area contributed by atoms with Crippen molar-refractivity contribution >= 4 is 17.5 Å². The molecule has 0 aliphatic carbocycles. The molecule has 0 aromatic heterocycles. The van der Waals surface area contributed by atoms with Crippen molar-refractivity contribution in [2.45, 2.75) is 51.7 Å². The van der Waals surface area contributed by atoms with Gasteiger partial charge >= 0.3 is 6.09 Å². The van der Waals surface area contributed by atoms with E-state index in [1.807, 2.05) is 26.8 Å². The van der Waals surface area contributed by atoms with E-state index in [1.54, 1.807) is 18.0 Å². The summed E-state index contributed by atoms with van der Waals surface area (Å²) < 4.78 is 19.9. The lowest BCUT2D eigenvalue weighted by atomic mass is 10.0. The average Bonchev–Trinajstić information content (AvgIpc) is 3.01. The minimum absolute atomic E-state index is 0.129. The van der Waals surface area contributed by atoms with Crippen molar-refractivity contribution in [2.24, 2.45) is 0 Å². The molecule has 1 aromatic rings. The maximum absolute atomic E-state index is 14.4. The van der Waals surface area contributed by atoms with Gasteiger partial charge in [0.1, 0.15) is 11.4 Å². The number of carbonyl (C=O) groups is 1. The molecule has 0 spiro atoms. The summed E-state index contributed by atoms with van der Waals surface area (Å²) in [6, 6.07) is 3.50. The van der Waals surface area contributed by atoms with E-state index in [2.05, 4.69) is 10.2 Å². The number of ether oxygens (including phenoxy) is 1. The van der Waals surface area contributed by atoms with E-state index in [0.717, 1.165) is 55.8 Å². The van der Waals surface area contributed by atoms with Crippen LogP contribution in [0.2, 0.25) is 0 Å².